The van der Waals surface area contributed by atoms with Crippen LogP contribution in [0.25, 0.3) is 0 Å². The van der Waals surface area contributed by atoms with Gasteiger partial charge in [0, 0.05) is 5.69 Å². The number of thioether (sulfide) groups is 1. The average Bonchev–Trinajstić information content (AvgIpc) is 3.02. The highest BCUT2D eigenvalue weighted by atomic mass is 32.2. The minimum absolute atomic E-state index is 0.0348. The lowest BCUT2D eigenvalue weighted by molar-refractivity contribution is -0.122. The van der Waals surface area contributed by atoms with Crippen LogP contribution in [-0.4, -0.2) is 24.1 Å². The summed E-state index contributed by atoms with van der Waals surface area (Å²) in [5.74, 6) is 1.36. The Morgan fingerprint density at radius 1 is 1.12 bits per heavy atom. The number of aryl methyl sites for hydroxylation is 3. The Hall–Kier alpha value is -2.21. The zero-order valence-electron chi connectivity index (χ0n) is 14.1. The highest BCUT2D eigenvalue weighted by Gasteiger charge is 2.10. The van der Waals surface area contributed by atoms with Crippen LogP contribution in [0.4, 0.5) is 5.69 Å². The van der Waals surface area contributed by atoms with E-state index in [2.05, 4.69) is 10.6 Å². The van der Waals surface area contributed by atoms with Crippen molar-refractivity contribution >= 4 is 29.3 Å². The fraction of sp³-hybridized carbons (Fsp3) is 0.333. The molecule has 1 aromatic carbocycles. The van der Waals surface area contributed by atoms with Gasteiger partial charge in [-0.2, -0.15) is 0 Å². The molecule has 5 nitrogen and oxygen atoms in total. The molecular weight excluding hydrogens is 324 g/mol. The third-order valence-electron chi connectivity index (χ3n) is 3.45. The molecule has 1 aromatic heterocycles. The van der Waals surface area contributed by atoms with Crippen molar-refractivity contribution in [3.05, 3.63) is 53.0 Å². The number of hydrogen-bond donors (Lipinski definition) is 2. The molecule has 0 saturated heterocycles. The van der Waals surface area contributed by atoms with Gasteiger partial charge in [-0.15, -0.1) is 11.8 Å². The highest BCUT2D eigenvalue weighted by Crippen LogP contribution is 2.21. The van der Waals surface area contributed by atoms with Crippen molar-refractivity contribution in [1.82, 2.24) is 5.32 Å². The van der Waals surface area contributed by atoms with Gasteiger partial charge in [-0.3, -0.25) is 9.59 Å². The first-order valence-electron chi connectivity index (χ1n) is 7.70. The summed E-state index contributed by atoms with van der Waals surface area (Å²) in [6.07, 6.45) is 1.61. The highest BCUT2D eigenvalue weighted by molar-refractivity contribution is 7.99. The minimum Gasteiger partial charge on any atom is -0.468 e. The molecule has 0 aliphatic heterocycles. The first kappa shape index (κ1) is 18.1. The minimum atomic E-state index is -0.227. The third kappa shape index (κ3) is 5.45. The second-order valence-corrected chi connectivity index (χ2v) is 6.66. The van der Waals surface area contributed by atoms with Crippen molar-refractivity contribution in [2.45, 2.75) is 26.5 Å². The predicted octanol–water partition coefficient (Wildman–Crippen LogP) is 3.19. The molecule has 0 bridgehead atoms. The summed E-state index contributed by atoms with van der Waals surface area (Å²) in [5, 5.41) is 5.49. The molecule has 0 fully saturated rings. The Bertz CT molecular complexity index is 688. The molecule has 0 atom stereocenters. The van der Waals surface area contributed by atoms with Crippen LogP contribution >= 0.6 is 11.8 Å². The van der Waals surface area contributed by atoms with E-state index in [9.17, 15) is 9.59 Å². The monoisotopic (exact) mass is 346 g/mol. The van der Waals surface area contributed by atoms with Gasteiger partial charge in [0.2, 0.25) is 11.8 Å². The van der Waals surface area contributed by atoms with Crippen molar-refractivity contribution in [2.75, 3.05) is 17.6 Å². The smallest absolute Gasteiger partial charge is 0.243 e. The topological polar surface area (TPSA) is 71.3 Å². The van der Waals surface area contributed by atoms with E-state index in [1.54, 1.807) is 6.26 Å². The zero-order valence-corrected chi connectivity index (χ0v) is 15.0. The number of nitrogens with one attached hydrogen (secondary N) is 2. The van der Waals surface area contributed by atoms with Crippen molar-refractivity contribution in [1.29, 1.82) is 0 Å². The maximum atomic E-state index is 12.0. The average molecular weight is 346 g/mol. The zero-order chi connectivity index (χ0) is 17.5. The third-order valence-corrected chi connectivity index (χ3v) is 4.40. The number of hydrogen-bond acceptors (Lipinski definition) is 4. The van der Waals surface area contributed by atoms with Crippen LogP contribution in [-0.2, 0) is 15.3 Å². The lowest BCUT2D eigenvalue weighted by Crippen LogP contribution is -2.34. The Kier molecular flexibility index (Phi) is 6.49. The van der Waals surface area contributed by atoms with Crippen LogP contribution in [0, 0.1) is 20.8 Å². The quantitative estimate of drug-likeness (QED) is 0.808. The molecule has 2 rings (SSSR count). The molecule has 128 valence electrons. The Morgan fingerprint density at radius 3 is 2.46 bits per heavy atom. The lowest BCUT2D eigenvalue weighted by Gasteiger charge is -2.13. The van der Waals surface area contributed by atoms with Gasteiger partial charge in [0.25, 0.3) is 0 Å². The van der Waals surface area contributed by atoms with E-state index in [0.717, 1.165) is 28.1 Å². The van der Waals surface area contributed by atoms with Gasteiger partial charge in [-0.25, -0.2) is 0 Å². The van der Waals surface area contributed by atoms with Crippen LogP contribution in [0.1, 0.15) is 22.5 Å². The summed E-state index contributed by atoms with van der Waals surface area (Å²) in [6.45, 7) is 5.90. The van der Waals surface area contributed by atoms with Gasteiger partial charge in [0.15, 0.2) is 0 Å². The Balaban J connectivity index is 1.73. The second-order valence-electron chi connectivity index (χ2n) is 5.67. The predicted molar refractivity (Wildman–Crippen MR) is 97.2 cm³/mol. The maximum Gasteiger partial charge on any atom is 0.243 e. The van der Waals surface area contributed by atoms with Crippen molar-refractivity contribution in [3.63, 3.8) is 0 Å². The van der Waals surface area contributed by atoms with E-state index in [-0.39, 0.29) is 24.1 Å². The first-order valence-corrected chi connectivity index (χ1v) is 8.85. The summed E-state index contributed by atoms with van der Waals surface area (Å²) in [5.41, 5.74) is 4.00. The van der Waals surface area contributed by atoms with Crippen LogP contribution in [0.3, 0.4) is 0 Å². The largest absolute Gasteiger partial charge is 0.468 e. The summed E-state index contributed by atoms with van der Waals surface area (Å²) < 4.78 is 5.19. The van der Waals surface area contributed by atoms with E-state index >= 15 is 0 Å². The molecule has 0 unspecified atom stereocenters. The summed E-state index contributed by atoms with van der Waals surface area (Å²) in [6, 6.07) is 7.72. The number of carbonyl (C=O) groups is 2. The molecule has 0 radical (unpaired) electrons. The van der Waals surface area contributed by atoms with Crippen LogP contribution < -0.4 is 10.6 Å². The number of furan rings is 1. The van der Waals surface area contributed by atoms with E-state index in [0.29, 0.717) is 5.75 Å². The molecule has 2 N–H and O–H groups in total. The molecule has 0 saturated carbocycles. The number of rotatable bonds is 7. The molecule has 1 heterocycles. The fourth-order valence-electron chi connectivity index (χ4n) is 2.43. The van der Waals surface area contributed by atoms with Crippen molar-refractivity contribution < 1.29 is 14.0 Å². The summed E-state index contributed by atoms with van der Waals surface area (Å²) >= 11 is 1.44. The molecule has 6 heteroatoms. The number of benzene rings is 1. The summed E-state index contributed by atoms with van der Waals surface area (Å²) in [4.78, 5) is 23.8. The molecule has 0 spiro atoms. The summed E-state index contributed by atoms with van der Waals surface area (Å²) in [7, 11) is 0. The fourth-order valence-corrected chi connectivity index (χ4v) is 3.18. The number of anilines is 1. The molecule has 0 aliphatic carbocycles. The number of carbonyl (C=O) groups excluding carboxylic acids is 2. The lowest BCUT2D eigenvalue weighted by atomic mass is 10.1. The first-order chi connectivity index (χ1) is 11.5. The second kappa shape index (κ2) is 8.59. The van der Waals surface area contributed by atoms with Crippen LogP contribution in [0.5, 0.6) is 0 Å². The standard InChI is InChI=1S/C18H22N2O3S/c1-12-7-13(2)18(14(3)8-12)20-16(21)9-19-17(22)11-24-10-15-5-4-6-23-15/h4-8H,9-11H2,1-3H3,(H,19,22)(H,20,21). The van der Waals surface area contributed by atoms with Gasteiger partial charge in [-0.05, 0) is 44.0 Å². The maximum absolute atomic E-state index is 12.0. The molecular formula is C18H22N2O3S. The van der Waals surface area contributed by atoms with Gasteiger partial charge in [0.1, 0.15) is 5.76 Å². The molecule has 2 aromatic rings. The van der Waals surface area contributed by atoms with Crippen LogP contribution in [0.2, 0.25) is 0 Å². The van der Waals surface area contributed by atoms with Crippen molar-refractivity contribution in [2.24, 2.45) is 0 Å². The van der Waals surface area contributed by atoms with E-state index in [1.165, 1.54) is 11.8 Å². The van der Waals surface area contributed by atoms with Gasteiger partial charge in [0.05, 0.1) is 24.3 Å². The van der Waals surface area contributed by atoms with Gasteiger partial charge < -0.3 is 15.1 Å². The van der Waals surface area contributed by atoms with E-state index in [1.807, 2.05) is 45.0 Å². The normalized spacial score (nSPS) is 10.5. The SMILES string of the molecule is Cc1cc(C)c(NC(=O)CNC(=O)CSCc2ccco2)c(C)c1. The van der Waals surface area contributed by atoms with Gasteiger partial charge >= 0.3 is 0 Å². The van der Waals surface area contributed by atoms with Crippen LogP contribution in [0.15, 0.2) is 34.9 Å². The molecule has 2 amide bonds. The van der Waals surface area contributed by atoms with Gasteiger partial charge in [-0.1, -0.05) is 17.7 Å². The Morgan fingerprint density at radius 2 is 1.83 bits per heavy atom. The van der Waals surface area contributed by atoms with E-state index < -0.39 is 0 Å². The van der Waals surface area contributed by atoms with E-state index in [4.69, 9.17) is 4.42 Å². The Labute approximate surface area is 146 Å². The van der Waals surface area contributed by atoms with Crippen molar-refractivity contribution in [3.8, 4) is 0 Å². The molecule has 0 aliphatic rings. The molecule has 24 heavy (non-hydrogen) atoms. The number of amides is 2.